The Morgan fingerprint density at radius 1 is 0.909 bits per heavy atom. The Morgan fingerprint density at radius 2 is 1.50 bits per heavy atom. The van der Waals surface area contributed by atoms with Gasteiger partial charge >= 0.3 is 0 Å². The highest BCUT2D eigenvalue weighted by molar-refractivity contribution is 5.43. The predicted octanol–water partition coefficient (Wildman–Crippen LogP) is 3.82. The van der Waals surface area contributed by atoms with Crippen LogP contribution < -0.4 is 5.32 Å². The van der Waals surface area contributed by atoms with Crippen molar-refractivity contribution in [2.24, 2.45) is 0 Å². The van der Waals surface area contributed by atoms with E-state index in [1.54, 1.807) is 0 Å². The first kappa shape index (κ1) is 15.1. The van der Waals surface area contributed by atoms with Gasteiger partial charge in [-0.05, 0) is 17.7 Å². The topological polar surface area (TPSA) is 35.1 Å². The Bertz CT molecular complexity index is 563. The third-order valence-corrected chi connectivity index (χ3v) is 4.57. The number of quaternary nitrogens is 1. The second-order valence-corrected chi connectivity index (χ2v) is 6.25. The number of nitrogens with one attached hydrogen (secondary N) is 1. The molecule has 1 fully saturated rings. The Morgan fingerprint density at radius 3 is 2.14 bits per heavy atom. The van der Waals surface area contributed by atoms with E-state index in [9.17, 15) is 5.21 Å². The van der Waals surface area contributed by atoms with Crippen LogP contribution in [-0.2, 0) is 6.42 Å². The standard InChI is InChI=1S/C19H24N2O/c22-21(14-11-17-7-3-1-4-8-17)15-12-19(13-16-21)20-18-9-5-2-6-10-18/h1-10,19-20H,11-16H2. The zero-order valence-corrected chi connectivity index (χ0v) is 12.9. The second kappa shape index (κ2) is 6.95. The normalized spacial score (nSPS) is 24.9. The molecule has 0 unspecified atom stereocenters. The molecule has 22 heavy (non-hydrogen) atoms. The molecule has 1 saturated heterocycles. The number of anilines is 1. The molecule has 1 N–H and O–H groups in total. The molecule has 116 valence electrons. The van der Waals surface area contributed by atoms with Crippen LogP contribution >= 0.6 is 0 Å². The highest BCUT2D eigenvalue weighted by Crippen LogP contribution is 2.22. The van der Waals surface area contributed by atoms with Gasteiger partial charge in [0.2, 0.25) is 0 Å². The second-order valence-electron chi connectivity index (χ2n) is 6.25. The summed E-state index contributed by atoms with van der Waals surface area (Å²) >= 11 is 0. The van der Waals surface area contributed by atoms with E-state index in [1.807, 2.05) is 36.4 Å². The van der Waals surface area contributed by atoms with Crippen LogP contribution in [0.1, 0.15) is 18.4 Å². The van der Waals surface area contributed by atoms with Gasteiger partial charge in [-0.15, -0.1) is 0 Å². The van der Waals surface area contributed by atoms with Crippen LogP contribution in [0.3, 0.4) is 0 Å². The molecule has 2 aromatic carbocycles. The van der Waals surface area contributed by atoms with Gasteiger partial charge in [0.15, 0.2) is 0 Å². The van der Waals surface area contributed by atoms with Gasteiger partial charge in [0.05, 0.1) is 19.6 Å². The fourth-order valence-corrected chi connectivity index (χ4v) is 3.15. The zero-order valence-electron chi connectivity index (χ0n) is 12.9. The van der Waals surface area contributed by atoms with E-state index in [2.05, 4.69) is 29.6 Å². The number of benzene rings is 2. The summed E-state index contributed by atoms with van der Waals surface area (Å²) in [4.78, 5) is 0. The fraction of sp³-hybridized carbons (Fsp3) is 0.368. The molecule has 3 heteroatoms. The quantitative estimate of drug-likeness (QED) is 0.672. The van der Waals surface area contributed by atoms with E-state index in [0.717, 1.165) is 38.0 Å². The van der Waals surface area contributed by atoms with Crippen molar-refractivity contribution in [2.45, 2.75) is 25.3 Å². The van der Waals surface area contributed by atoms with Crippen molar-refractivity contribution in [3.05, 3.63) is 71.4 Å². The molecule has 0 aromatic heterocycles. The minimum absolute atomic E-state index is 0.0398. The Balaban J connectivity index is 1.48. The molecule has 1 aliphatic rings. The highest BCUT2D eigenvalue weighted by atomic mass is 16.5. The number of piperidine rings is 1. The molecular weight excluding hydrogens is 272 g/mol. The molecule has 0 atom stereocenters. The SMILES string of the molecule is [O-][N+]1(CCc2ccccc2)CCC(Nc2ccccc2)CC1. The van der Waals surface area contributed by atoms with Gasteiger partial charge in [0, 0.05) is 31.0 Å². The van der Waals surface area contributed by atoms with Gasteiger partial charge in [0.25, 0.3) is 0 Å². The molecule has 0 radical (unpaired) electrons. The van der Waals surface area contributed by atoms with E-state index in [0.29, 0.717) is 12.6 Å². The molecular formula is C19H24N2O. The van der Waals surface area contributed by atoms with Gasteiger partial charge in [0.1, 0.15) is 0 Å². The van der Waals surface area contributed by atoms with Crippen LogP contribution in [0.5, 0.6) is 0 Å². The summed E-state index contributed by atoms with van der Waals surface area (Å²) in [7, 11) is 0. The summed E-state index contributed by atoms with van der Waals surface area (Å²) in [5, 5.41) is 16.3. The first-order valence-electron chi connectivity index (χ1n) is 8.16. The van der Waals surface area contributed by atoms with E-state index >= 15 is 0 Å². The van der Waals surface area contributed by atoms with Crippen molar-refractivity contribution in [3.8, 4) is 0 Å². The number of hydroxylamine groups is 3. The predicted molar refractivity (Wildman–Crippen MR) is 91.5 cm³/mol. The minimum Gasteiger partial charge on any atom is -0.633 e. The maximum Gasteiger partial charge on any atom is 0.0824 e. The molecule has 0 bridgehead atoms. The molecule has 1 heterocycles. The van der Waals surface area contributed by atoms with Gasteiger partial charge in [-0.3, -0.25) is 0 Å². The maximum absolute atomic E-state index is 12.8. The van der Waals surface area contributed by atoms with Crippen molar-refractivity contribution >= 4 is 5.69 Å². The third kappa shape index (κ3) is 4.09. The van der Waals surface area contributed by atoms with Crippen LogP contribution in [0.15, 0.2) is 60.7 Å². The van der Waals surface area contributed by atoms with Gasteiger partial charge < -0.3 is 15.2 Å². The lowest BCUT2D eigenvalue weighted by Crippen LogP contribution is -2.51. The van der Waals surface area contributed by atoms with Crippen LogP contribution in [0, 0.1) is 5.21 Å². The van der Waals surface area contributed by atoms with Crippen molar-refractivity contribution < 1.29 is 4.65 Å². The Kier molecular flexibility index (Phi) is 4.76. The lowest BCUT2D eigenvalue weighted by molar-refractivity contribution is -0.885. The summed E-state index contributed by atoms with van der Waals surface area (Å²) in [6, 6.07) is 21.0. The van der Waals surface area contributed by atoms with E-state index in [-0.39, 0.29) is 4.65 Å². The molecule has 3 rings (SSSR count). The number of nitrogens with zero attached hydrogens (tertiary/aromatic N) is 1. The van der Waals surface area contributed by atoms with Gasteiger partial charge in [-0.25, -0.2) is 0 Å². The van der Waals surface area contributed by atoms with Gasteiger partial charge in [-0.2, -0.15) is 0 Å². The van der Waals surface area contributed by atoms with Crippen LogP contribution in [0.2, 0.25) is 0 Å². The summed E-state index contributed by atoms with van der Waals surface area (Å²) in [5.41, 5.74) is 2.42. The maximum atomic E-state index is 12.8. The van der Waals surface area contributed by atoms with Crippen LogP contribution in [0.25, 0.3) is 0 Å². The van der Waals surface area contributed by atoms with Crippen LogP contribution in [-0.4, -0.2) is 30.3 Å². The van der Waals surface area contributed by atoms with E-state index in [4.69, 9.17) is 0 Å². The summed E-state index contributed by atoms with van der Waals surface area (Å²) in [6.07, 6.45) is 2.78. The molecule has 2 aromatic rings. The average molecular weight is 296 g/mol. The van der Waals surface area contributed by atoms with Gasteiger partial charge in [-0.1, -0.05) is 48.5 Å². The number of rotatable bonds is 5. The molecule has 3 nitrogen and oxygen atoms in total. The largest absolute Gasteiger partial charge is 0.633 e. The fourth-order valence-electron chi connectivity index (χ4n) is 3.15. The Hall–Kier alpha value is -1.84. The summed E-state index contributed by atoms with van der Waals surface area (Å²) in [5.74, 6) is 0. The molecule has 1 aliphatic heterocycles. The number of likely N-dealkylation sites (tertiary alicyclic amines) is 1. The monoisotopic (exact) mass is 296 g/mol. The summed E-state index contributed by atoms with van der Waals surface area (Å²) in [6.45, 7) is 2.14. The highest BCUT2D eigenvalue weighted by Gasteiger charge is 2.26. The number of hydrogen-bond donors (Lipinski definition) is 1. The molecule has 0 spiro atoms. The third-order valence-electron chi connectivity index (χ3n) is 4.57. The van der Waals surface area contributed by atoms with E-state index in [1.165, 1.54) is 5.56 Å². The van der Waals surface area contributed by atoms with Crippen molar-refractivity contribution in [3.63, 3.8) is 0 Å². The van der Waals surface area contributed by atoms with Crippen LogP contribution in [0.4, 0.5) is 5.69 Å². The molecule has 0 aliphatic carbocycles. The van der Waals surface area contributed by atoms with Crippen molar-refractivity contribution in [1.82, 2.24) is 0 Å². The number of para-hydroxylation sites is 1. The minimum atomic E-state index is -0.0398. The Labute approximate surface area is 132 Å². The van der Waals surface area contributed by atoms with Crippen molar-refractivity contribution in [1.29, 1.82) is 0 Å². The zero-order chi connectivity index (χ0) is 15.3. The number of hydrogen-bond acceptors (Lipinski definition) is 2. The molecule has 0 amide bonds. The van der Waals surface area contributed by atoms with E-state index < -0.39 is 0 Å². The lowest BCUT2D eigenvalue weighted by atomic mass is 10.0. The summed E-state index contributed by atoms with van der Waals surface area (Å²) < 4.78 is -0.0398. The average Bonchev–Trinajstić information content (AvgIpc) is 2.58. The molecule has 0 saturated carbocycles. The lowest BCUT2D eigenvalue weighted by Gasteiger charge is -2.47. The smallest absolute Gasteiger partial charge is 0.0824 e. The first-order valence-corrected chi connectivity index (χ1v) is 8.16. The van der Waals surface area contributed by atoms with Crippen molar-refractivity contribution in [2.75, 3.05) is 25.0 Å². The first-order chi connectivity index (χ1) is 10.7.